The van der Waals surface area contributed by atoms with E-state index in [1.807, 2.05) is 0 Å². The molecule has 6 nitrogen and oxygen atoms in total. The lowest BCUT2D eigenvalue weighted by Gasteiger charge is -2.13. The van der Waals surface area contributed by atoms with Gasteiger partial charge in [0.05, 0.1) is 0 Å². The van der Waals surface area contributed by atoms with Gasteiger partial charge in [-0.1, -0.05) is 0 Å². The molecule has 0 N–H and O–H groups in total. The van der Waals surface area contributed by atoms with Gasteiger partial charge in [-0.25, -0.2) is 16.8 Å². The Morgan fingerprint density at radius 1 is 0.846 bits per heavy atom. The van der Waals surface area contributed by atoms with Crippen LogP contribution >= 0.6 is 0 Å². The minimum atomic E-state index is -2.94. The second-order valence-electron chi connectivity index (χ2n) is 2.67. The van der Waals surface area contributed by atoms with Gasteiger partial charge in [-0.2, -0.15) is 0 Å². The van der Waals surface area contributed by atoms with Crippen LogP contribution in [0.4, 0.5) is 0 Å². The standard InChI is InChI=1S/C5H10O6S2/c6-12(7)10-4-2-1-3-5(4)11-13(8)9/h4-5,12-13H,1-3H2. The van der Waals surface area contributed by atoms with Crippen LogP contribution in [0, 0.1) is 0 Å². The molecular weight excluding hydrogens is 220 g/mol. The molecule has 0 saturated heterocycles. The summed E-state index contributed by atoms with van der Waals surface area (Å²) in [5.41, 5.74) is 0. The van der Waals surface area contributed by atoms with Crippen molar-refractivity contribution in [2.75, 3.05) is 0 Å². The Labute approximate surface area is 79.2 Å². The first-order chi connectivity index (χ1) is 6.09. The second-order valence-corrected chi connectivity index (χ2v) is 3.98. The van der Waals surface area contributed by atoms with Crippen molar-refractivity contribution in [3.05, 3.63) is 0 Å². The lowest BCUT2D eigenvalue weighted by Crippen LogP contribution is -2.25. The van der Waals surface area contributed by atoms with E-state index in [2.05, 4.69) is 8.37 Å². The van der Waals surface area contributed by atoms with E-state index in [4.69, 9.17) is 0 Å². The first kappa shape index (κ1) is 10.9. The maximum atomic E-state index is 10.2. The van der Waals surface area contributed by atoms with E-state index >= 15 is 0 Å². The third-order valence-electron chi connectivity index (χ3n) is 1.83. The van der Waals surface area contributed by atoms with Gasteiger partial charge in [0.25, 0.3) is 22.0 Å². The normalized spacial score (nSPS) is 28.8. The van der Waals surface area contributed by atoms with Crippen LogP contribution in [0.1, 0.15) is 19.3 Å². The molecule has 1 fully saturated rings. The van der Waals surface area contributed by atoms with E-state index in [-0.39, 0.29) is 0 Å². The van der Waals surface area contributed by atoms with E-state index < -0.39 is 34.2 Å². The minimum absolute atomic E-state index is 0.511. The fourth-order valence-corrected chi connectivity index (χ4v) is 2.28. The Bertz CT molecular complexity index is 260. The quantitative estimate of drug-likeness (QED) is 0.602. The average molecular weight is 230 g/mol. The number of thiol groups is 2. The minimum Gasteiger partial charge on any atom is -0.266 e. The van der Waals surface area contributed by atoms with E-state index in [0.717, 1.165) is 0 Å². The van der Waals surface area contributed by atoms with Gasteiger partial charge in [-0.15, -0.1) is 0 Å². The van der Waals surface area contributed by atoms with Crippen LogP contribution in [0.25, 0.3) is 0 Å². The molecule has 1 aliphatic rings. The summed E-state index contributed by atoms with van der Waals surface area (Å²) in [6, 6.07) is 0. The first-order valence-electron chi connectivity index (χ1n) is 3.72. The van der Waals surface area contributed by atoms with Crippen molar-refractivity contribution in [2.24, 2.45) is 0 Å². The van der Waals surface area contributed by atoms with Crippen LogP contribution in [0.2, 0.25) is 0 Å². The number of rotatable bonds is 4. The first-order valence-corrected chi connectivity index (χ1v) is 5.91. The van der Waals surface area contributed by atoms with Crippen LogP contribution < -0.4 is 0 Å². The summed E-state index contributed by atoms with van der Waals surface area (Å²) in [5.74, 6) is 0. The van der Waals surface area contributed by atoms with Gasteiger partial charge in [0.2, 0.25) is 0 Å². The van der Waals surface area contributed by atoms with Crippen LogP contribution in [0.3, 0.4) is 0 Å². The molecule has 2 atom stereocenters. The van der Waals surface area contributed by atoms with Crippen LogP contribution in [0.5, 0.6) is 0 Å². The Morgan fingerprint density at radius 2 is 1.23 bits per heavy atom. The van der Waals surface area contributed by atoms with Gasteiger partial charge in [0, 0.05) is 0 Å². The summed E-state index contributed by atoms with van der Waals surface area (Å²) >= 11 is 0. The zero-order chi connectivity index (χ0) is 9.84. The highest BCUT2D eigenvalue weighted by Gasteiger charge is 2.30. The molecule has 78 valence electrons. The zero-order valence-corrected chi connectivity index (χ0v) is 8.41. The fourth-order valence-electron chi connectivity index (χ4n) is 1.35. The molecule has 0 aromatic carbocycles. The largest absolute Gasteiger partial charge is 0.266 e. The van der Waals surface area contributed by atoms with Crippen LogP contribution in [-0.2, 0) is 30.3 Å². The lowest BCUT2D eigenvalue weighted by molar-refractivity contribution is 0.0950. The highest BCUT2D eigenvalue weighted by Crippen LogP contribution is 2.24. The zero-order valence-electron chi connectivity index (χ0n) is 6.62. The molecule has 1 rings (SSSR count). The molecule has 0 heterocycles. The molecule has 1 saturated carbocycles. The summed E-state index contributed by atoms with van der Waals surface area (Å²) in [6.07, 6.45) is 0.443. The van der Waals surface area contributed by atoms with Crippen molar-refractivity contribution in [1.82, 2.24) is 0 Å². The maximum absolute atomic E-state index is 10.2. The van der Waals surface area contributed by atoms with E-state index in [9.17, 15) is 16.8 Å². The third-order valence-corrected chi connectivity index (χ3v) is 2.72. The molecule has 0 amide bonds. The van der Waals surface area contributed by atoms with Crippen molar-refractivity contribution in [1.29, 1.82) is 0 Å². The highest BCUT2D eigenvalue weighted by molar-refractivity contribution is 7.67. The van der Waals surface area contributed by atoms with E-state index in [1.165, 1.54) is 0 Å². The molecule has 0 aromatic heterocycles. The molecule has 0 aromatic rings. The molecular formula is C5H10O6S2. The molecule has 1 aliphatic carbocycles. The summed E-state index contributed by atoms with van der Waals surface area (Å²) in [7, 11) is -5.88. The van der Waals surface area contributed by atoms with Gasteiger partial charge in [0.15, 0.2) is 0 Å². The third kappa shape index (κ3) is 3.59. The average Bonchev–Trinajstić information content (AvgIpc) is 2.34. The van der Waals surface area contributed by atoms with Crippen molar-refractivity contribution in [3.8, 4) is 0 Å². The Kier molecular flexibility index (Phi) is 4.10. The van der Waals surface area contributed by atoms with Crippen molar-refractivity contribution >= 4 is 22.0 Å². The van der Waals surface area contributed by atoms with E-state index in [0.29, 0.717) is 19.3 Å². The molecule has 13 heavy (non-hydrogen) atoms. The van der Waals surface area contributed by atoms with Gasteiger partial charge in [0.1, 0.15) is 12.2 Å². The summed E-state index contributed by atoms with van der Waals surface area (Å²) in [6.45, 7) is 0. The molecule has 0 aliphatic heterocycles. The fraction of sp³-hybridized carbons (Fsp3) is 1.00. The lowest BCUT2D eigenvalue weighted by atomic mass is 10.3. The Hall–Kier alpha value is -0.180. The second kappa shape index (κ2) is 4.89. The van der Waals surface area contributed by atoms with Gasteiger partial charge in [-0.05, 0) is 19.3 Å². The molecule has 0 spiro atoms. The number of hydrogen-bond acceptors (Lipinski definition) is 6. The van der Waals surface area contributed by atoms with Gasteiger partial charge in [-0.3, -0.25) is 8.37 Å². The monoisotopic (exact) mass is 230 g/mol. The predicted octanol–water partition coefficient (Wildman–Crippen LogP) is -1.01. The van der Waals surface area contributed by atoms with Crippen molar-refractivity contribution in [2.45, 2.75) is 31.5 Å². The summed E-state index contributed by atoms with van der Waals surface area (Å²) in [4.78, 5) is 0. The van der Waals surface area contributed by atoms with Gasteiger partial charge >= 0.3 is 0 Å². The Balaban J connectivity index is 2.53. The van der Waals surface area contributed by atoms with E-state index in [1.54, 1.807) is 0 Å². The van der Waals surface area contributed by atoms with Crippen LogP contribution in [0.15, 0.2) is 0 Å². The SMILES string of the molecule is O=[SH](=O)OC1CCCC1O[SH](=O)=O. The van der Waals surface area contributed by atoms with Gasteiger partial charge < -0.3 is 0 Å². The van der Waals surface area contributed by atoms with Crippen LogP contribution in [-0.4, -0.2) is 29.0 Å². The summed E-state index contributed by atoms with van der Waals surface area (Å²) in [5, 5.41) is 0. The molecule has 0 radical (unpaired) electrons. The predicted molar refractivity (Wildman–Crippen MR) is 44.2 cm³/mol. The topological polar surface area (TPSA) is 86.7 Å². The maximum Gasteiger partial charge on any atom is 0.257 e. The van der Waals surface area contributed by atoms with Crippen molar-refractivity contribution in [3.63, 3.8) is 0 Å². The molecule has 2 unspecified atom stereocenters. The van der Waals surface area contributed by atoms with Crippen molar-refractivity contribution < 1.29 is 25.2 Å². The molecule has 0 bridgehead atoms. The highest BCUT2D eigenvalue weighted by atomic mass is 32.2. The Morgan fingerprint density at radius 3 is 1.54 bits per heavy atom. The summed E-state index contributed by atoms with van der Waals surface area (Å²) < 4.78 is 49.8. The smallest absolute Gasteiger partial charge is 0.257 e. The molecule has 8 heteroatoms. The number of hydrogen-bond donors (Lipinski definition) is 2.